The summed E-state index contributed by atoms with van der Waals surface area (Å²) in [5.74, 6) is -1.52. The normalized spacial score (nSPS) is 13.4. The van der Waals surface area contributed by atoms with Crippen LogP contribution in [-0.2, 0) is 0 Å². The maximum absolute atomic E-state index is 12.9. The highest BCUT2D eigenvalue weighted by Crippen LogP contribution is 2.36. The molecule has 0 heterocycles. The molecule has 1 rings (SSSR count). The molecule has 1 unspecified atom stereocenters. The molecule has 1 aromatic carbocycles. The molecule has 1 atom stereocenters. The molecule has 0 aliphatic carbocycles. The van der Waals surface area contributed by atoms with Gasteiger partial charge in [-0.3, -0.25) is 0 Å². The molecule has 0 nitrogen and oxygen atoms in total. The number of halogens is 4. The summed E-state index contributed by atoms with van der Waals surface area (Å²) in [6.07, 6.45) is 0. The van der Waals surface area contributed by atoms with Gasteiger partial charge in [-0.25, -0.2) is 8.78 Å². The molecular formula is C10H10BrClF2. The zero-order chi connectivity index (χ0) is 10.9. The molecule has 0 aliphatic rings. The van der Waals surface area contributed by atoms with Crippen molar-refractivity contribution in [2.75, 3.05) is 0 Å². The van der Waals surface area contributed by atoms with Crippen molar-refractivity contribution in [3.63, 3.8) is 0 Å². The second-order valence-corrected chi connectivity index (χ2v) is 4.83. The van der Waals surface area contributed by atoms with Gasteiger partial charge in [0.1, 0.15) is 0 Å². The Morgan fingerprint density at radius 2 is 1.71 bits per heavy atom. The minimum absolute atomic E-state index is 0.0647. The van der Waals surface area contributed by atoms with Gasteiger partial charge in [0.25, 0.3) is 0 Å². The molecule has 1 aromatic rings. The first-order chi connectivity index (χ1) is 6.43. The van der Waals surface area contributed by atoms with Crippen molar-refractivity contribution in [3.05, 3.63) is 34.4 Å². The van der Waals surface area contributed by atoms with E-state index in [-0.39, 0.29) is 15.8 Å². The molecule has 0 saturated carbocycles. The SMILES string of the molecule is CC(C)C(Br)c1cc(F)c(F)cc1Cl. The molecule has 0 aromatic heterocycles. The first-order valence-corrected chi connectivity index (χ1v) is 5.51. The first kappa shape index (κ1) is 11.9. The summed E-state index contributed by atoms with van der Waals surface area (Å²) >= 11 is 9.19. The summed E-state index contributed by atoms with van der Waals surface area (Å²) in [6, 6.07) is 2.14. The van der Waals surface area contributed by atoms with E-state index in [4.69, 9.17) is 11.6 Å². The molecule has 0 radical (unpaired) electrons. The van der Waals surface area contributed by atoms with E-state index >= 15 is 0 Å². The van der Waals surface area contributed by atoms with Crippen molar-refractivity contribution >= 4 is 27.5 Å². The van der Waals surface area contributed by atoms with Crippen LogP contribution in [0.5, 0.6) is 0 Å². The molecule has 0 spiro atoms. The van der Waals surface area contributed by atoms with Crippen LogP contribution < -0.4 is 0 Å². The summed E-state index contributed by atoms with van der Waals surface area (Å²) in [4.78, 5) is -0.0647. The Hall–Kier alpha value is -0.150. The van der Waals surface area contributed by atoms with Crippen molar-refractivity contribution in [1.82, 2.24) is 0 Å². The van der Waals surface area contributed by atoms with Gasteiger partial charge >= 0.3 is 0 Å². The third kappa shape index (κ3) is 2.45. The molecule has 0 saturated heterocycles. The van der Waals surface area contributed by atoms with Gasteiger partial charge in [-0.15, -0.1) is 0 Å². The molecule has 0 bridgehead atoms. The predicted molar refractivity (Wildman–Crippen MR) is 57.9 cm³/mol. The zero-order valence-electron chi connectivity index (χ0n) is 7.82. The van der Waals surface area contributed by atoms with Crippen LogP contribution in [0.1, 0.15) is 24.2 Å². The van der Waals surface area contributed by atoms with Crippen LogP contribution in [0, 0.1) is 17.6 Å². The van der Waals surface area contributed by atoms with Gasteiger partial charge in [0.15, 0.2) is 11.6 Å². The van der Waals surface area contributed by atoms with Gasteiger partial charge in [-0.1, -0.05) is 41.4 Å². The van der Waals surface area contributed by atoms with Gasteiger partial charge in [0.2, 0.25) is 0 Å². The zero-order valence-corrected chi connectivity index (χ0v) is 10.2. The largest absolute Gasteiger partial charge is 0.204 e. The lowest BCUT2D eigenvalue weighted by atomic mass is 10.0. The first-order valence-electron chi connectivity index (χ1n) is 4.22. The van der Waals surface area contributed by atoms with E-state index in [2.05, 4.69) is 15.9 Å². The van der Waals surface area contributed by atoms with Gasteiger partial charge in [-0.05, 0) is 23.6 Å². The van der Waals surface area contributed by atoms with E-state index in [9.17, 15) is 8.78 Å². The average Bonchev–Trinajstić information content (AvgIpc) is 2.10. The maximum atomic E-state index is 12.9. The Bertz CT molecular complexity index is 339. The van der Waals surface area contributed by atoms with Crippen LogP contribution in [0.25, 0.3) is 0 Å². The average molecular weight is 284 g/mol. The Labute approximate surface area is 95.4 Å². The third-order valence-electron chi connectivity index (χ3n) is 1.92. The van der Waals surface area contributed by atoms with Crippen LogP contribution in [0.15, 0.2) is 12.1 Å². The van der Waals surface area contributed by atoms with Crippen molar-refractivity contribution < 1.29 is 8.78 Å². The van der Waals surface area contributed by atoms with Crippen molar-refractivity contribution in [2.24, 2.45) is 5.92 Å². The highest BCUT2D eigenvalue weighted by molar-refractivity contribution is 9.09. The smallest absolute Gasteiger partial charge is 0.160 e. The number of benzene rings is 1. The van der Waals surface area contributed by atoms with Gasteiger partial charge in [0, 0.05) is 9.85 Å². The number of hydrogen-bond donors (Lipinski definition) is 0. The summed E-state index contributed by atoms with van der Waals surface area (Å²) in [5, 5.41) is 0.250. The Kier molecular flexibility index (Phi) is 3.90. The van der Waals surface area contributed by atoms with E-state index in [0.29, 0.717) is 5.56 Å². The molecule has 4 heteroatoms. The Balaban J connectivity index is 3.15. The van der Waals surface area contributed by atoms with Crippen LogP contribution in [0.3, 0.4) is 0 Å². The van der Waals surface area contributed by atoms with E-state index < -0.39 is 11.6 Å². The lowest BCUT2D eigenvalue weighted by Gasteiger charge is -2.15. The van der Waals surface area contributed by atoms with Crippen molar-refractivity contribution in [1.29, 1.82) is 0 Å². The molecule has 0 amide bonds. The van der Waals surface area contributed by atoms with E-state index in [1.165, 1.54) is 0 Å². The number of rotatable bonds is 2. The highest BCUT2D eigenvalue weighted by Gasteiger charge is 2.17. The molecule has 0 N–H and O–H groups in total. The third-order valence-corrected chi connectivity index (χ3v) is 3.80. The van der Waals surface area contributed by atoms with E-state index in [1.54, 1.807) is 0 Å². The van der Waals surface area contributed by atoms with Crippen molar-refractivity contribution in [2.45, 2.75) is 18.7 Å². The predicted octanol–water partition coefficient (Wildman–Crippen LogP) is 4.71. The van der Waals surface area contributed by atoms with E-state index in [0.717, 1.165) is 12.1 Å². The Morgan fingerprint density at radius 1 is 1.21 bits per heavy atom. The fourth-order valence-corrected chi connectivity index (χ4v) is 1.89. The Morgan fingerprint density at radius 3 is 2.21 bits per heavy atom. The number of hydrogen-bond acceptors (Lipinski definition) is 0. The maximum Gasteiger partial charge on any atom is 0.160 e. The summed E-state index contributed by atoms with van der Waals surface area (Å²) in [6.45, 7) is 3.94. The summed E-state index contributed by atoms with van der Waals surface area (Å²) < 4.78 is 25.7. The molecule has 78 valence electrons. The second-order valence-electron chi connectivity index (χ2n) is 3.43. The lowest BCUT2D eigenvalue weighted by Crippen LogP contribution is -2.01. The van der Waals surface area contributed by atoms with Gasteiger partial charge < -0.3 is 0 Å². The monoisotopic (exact) mass is 282 g/mol. The highest BCUT2D eigenvalue weighted by atomic mass is 79.9. The lowest BCUT2D eigenvalue weighted by molar-refractivity contribution is 0.505. The fourth-order valence-electron chi connectivity index (χ4n) is 1.11. The minimum Gasteiger partial charge on any atom is -0.204 e. The summed E-state index contributed by atoms with van der Waals surface area (Å²) in [7, 11) is 0. The topological polar surface area (TPSA) is 0 Å². The minimum atomic E-state index is -0.915. The van der Waals surface area contributed by atoms with Crippen molar-refractivity contribution in [3.8, 4) is 0 Å². The fraction of sp³-hybridized carbons (Fsp3) is 0.400. The van der Waals surface area contributed by atoms with E-state index in [1.807, 2.05) is 13.8 Å². The van der Waals surface area contributed by atoms with Crippen LogP contribution >= 0.6 is 27.5 Å². The molecule has 0 fully saturated rings. The van der Waals surface area contributed by atoms with Gasteiger partial charge in [-0.2, -0.15) is 0 Å². The number of alkyl halides is 1. The molecule has 14 heavy (non-hydrogen) atoms. The summed E-state index contributed by atoms with van der Waals surface area (Å²) in [5.41, 5.74) is 0.584. The standard InChI is InChI=1S/C10H10BrClF2/c1-5(2)10(11)6-3-8(13)9(14)4-7(6)12/h3-5,10H,1-2H3. The molecule has 0 aliphatic heterocycles. The van der Waals surface area contributed by atoms with Crippen LogP contribution in [-0.4, -0.2) is 0 Å². The second kappa shape index (κ2) is 4.58. The van der Waals surface area contributed by atoms with Crippen LogP contribution in [0.2, 0.25) is 5.02 Å². The quantitative estimate of drug-likeness (QED) is 0.545. The van der Waals surface area contributed by atoms with Gasteiger partial charge in [0.05, 0.1) is 0 Å². The van der Waals surface area contributed by atoms with Crippen LogP contribution in [0.4, 0.5) is 8.78 Å². The molecular weight excluding hydrogens is 273 g/mol.